The highest BCUT2D eigenvalue weighted by molar-refractivity contribution is 5.77. The van der Waals surface area contributed by atoms with Gasteiger partial charge in [0, 0.05) is 38.6 Å². The molecule has 2 fully saturated rings. The van der Waals surface area contributed by atoms with Crippen LogP contribution in [-0.2, 0) is 11.3 Å². The maximum absolute atomic E-state index is 12.4. The largest absolute Gasteiger partial charge is 0.340 e. The monoisotopic (exact) mass is 327 g/mol. The van der Waals surface area contributed by atoms with E-state index < -0.39 is 0 Å². The second-order valence-corrected chi connectivity index (χ2v) is 6.53. The van der Waals surface area contributed by atoms with Crippen molar-refractivity contribution in [1.29, 1.82) is 0 Å². The third kappa shape index (κ3) is 3.03. The number of rotatable bonds is 4. The molecule has 1 aliphatic carbocycles. The van der Waals surface area contributed by atoms with Crippen LogP contribution in [0.4, 0.5) is 0 Å². The number of fused-ring (bicyclic) bond motifs is 1. The van der Waals surface area contributed by atoms with Crippen molar-refractivity contribution >= 4 is 16.8 Å². The summed E-state index contributed by atoms with van der Waals surface area (Å²) in [6.45, 7) is 3.78. The van der Waals surface area contributed by atoms with Crippen molar-refractivity contribution in [2.75, 3.05) is 26.2 Å². The van der Waals surface area contributed by atoms with E-state index in [-0.39, 0.29) is 24.4 Å². The fourth-order valence-corrected chi connectivity index (χ4v) is 3.31. The molecule has 0 atom stereocenters. The molecular formula is C17H21N5O2. The third-order valence-corrected chi connectivity index (χ3v) is 4.90. The maximum Gasteiger partial charge on any atom is 0.277 e. The van der Waals surface area contributed by atoms with Crippen LogP contribution in [0.25, 0.3) is 10.9 Å². The highest BCUT2D eigenvalue weighted by Crippen LogP contribution is 2.27. The van der Waals surface area contributed by atoms with Gasteiger partial charge in [-0.15, -0.1) is 5.10 Å². The normalized spacial score (nSPS) is 18.9. The zero-order valence-electron chi connectivity index (χ0n) is 13.6. The summed E-state index contributed by atoms with van der Waals surface area (Å²) in [7, 11) is 0. The Morgan fingerprint density at radius 2 is 1.88 bits per heavy atom. The molecule has 0 radical (unpaired) electrons. The van der Waals surface area contributed by atoms with E-state index in [1.165, 1.54) is 17.5 Å². The molecule has 0 N–H and O–H groups in total. The Balaban J connectivity index is 1.37. The molecule has 7 nitrogen and oxygen atoms in total. The SMILES string of the molecule is O=C(CCn1nnc2ccccc2c1=O)N1CCN(C2CC2)CC1. The molecule has 2 aliphatic rings. The summed E-state index contributed by atoms with van der Waals surface area (Å²) in [5.41, 5.74) is 0.397. The first-order valence-corrected chi connectivity index (χ1v) is 8.57. The van der Waals surface area contributed by atoms with Gasteiger partial charge in [-0.1, -0.05) is 17.3 Å². The first-order valence-electron chi connectivity index (χ1n) is 8.57. The molecular weight excluding hydrogens is 306 g/mol. The van der Waals surface area contributed by atoms with Crippen molar-refractivity contribution in [1.82, 2.24) is 24.8 Å². The lowest BCUT2D eigenvalue weighted by molar-refractivity contribution is -0.133. The standard InChI is InChI=1S/C17H21N5O2/c23-16(21-11-9-20(10-12-21)13-5-6-13)7-8-22-17(24)14-3-1-2-4-15(14)18-19-22/h1-4,13H,5-12H2. The lowest BCUT2D eigenvalue weighted by Gasteiger charge is -2.34. The number of hydrogen-bond donors (Lipinski definition) is 0. The molecule has 0 spiro atoms. The second kappa shape index (κ2) is 6.32. The number of benzene rings is 1. The first-order chi connectivity index (χ1) is 11.7. The molecule has 0 bridgehead atoms. The molecule has 7 heteroatoms. The van der Waals surface area contributed by atoms with Gasteiger partial charge in [-0.05, 0) is 25.0 Å². The van der Waals surface area contributed by atoms with E-state index in [0.29, 0.717) is 10.9 Å². The molecule has 1 aromatic heterocycles. The van der Waals surface area contributed by atoms with Crippen molar-refractivity contribution in [2.24, 2.45) is 0 Å². The predicted molar refractivity (Wildman–Crippen MR) is 89.6 cm³/mol. The molecule has 1 saturated heterocycles. The van der Waals surface area contributed by atoms with E-state index in [1.807, 2.05) is 11.0 Å². The summed E-state index contributed by atoms with van der Waals surface area (Å²) < 4.78 is 1.29. The molecule has 1 saturated carbocycles. The van der Waals surface area contributed by atoms with E-state index in [2.05, 4.69) is 15.2 Å². The Bertz CT molecular complexity index is 806. The minimum atomic E-state index is -0.188. The van der Waals surface area contributed by atoms with Gasteiger partial charge in [-0.3, -0.25) is 14.5 Å². The van der Waals surface area contributed by atoms with Crippen LogP contribution in [0.5, 0.6) is 0 Å². The van der Waals surface area contributed by atoms with Crippen LogP contribution in [0.15, 0.2) is 29.1 Å². The summed E-state index contributed by atoms with van der Waals surface area (Å²) >= 11 is 0. The van der Waals surface area contributed by atoms with Crippen LogP contribution in [0.3, 0.4) is 0 Å². The van der Waals surface area contributed by atoms with Crippen molar-refractivity contribution < 1.29 is 4.79 Å². The summed E-state index contributed by atoms with van der Waals surface area (Å²) in [5.74, 6) is 0.0901. The first kappa shape index (κ1) is 15.3. The lowest BCUT2D eigenvalue weighted by Crippen LogP contribution is -2.49. The van der Waals surface area contributed by atoms with Gasteiger partial charge >= 0.3 is 0 Å². The Hall–Kier alpha value is -2.28. The van der Waals surface area contributed by atoms with Gasteiger partial charge in [0.1, 0.15) is 5.52 Å². The smallest absolute Gasteiger partial charge is 0.277 e. The Kier molecular flexibility index (Phi) is 4.02. The van der Waals surface area contributed by atoms with E-state index in [4.69, 9.17) is 0 Å². The molecule has 1 aromatic carbocycles. The summed E-state index contributed by atoms with van der Waals surface area (Å²) in [6.07, 6.45) is 2.89. The third-order valence-electron chi connectivity index (χ3n) is 4.90. The van der Waals surface area contributed by atoms with Crippen LogP contribution < -0.4 is 5.56 Å². The molecule has 126 valence electrons. The fourth-order valence-electron chi connectivity index (χ4n) is 3.31. The molecule has 4 rings (SSSR count). The number of amides is 1. The molecule has 24 heavy (non-hydrogen) atoms. The number of carbonyl (C=O) groups is 1. The Morgan fingerprint density at radius 1 is 1.12 bits per heavy atom. The Labute approximate surface area is 139 Å². The number of aryl methyl sites for hydroxylation is 1. The summed E-state index contributed by atoms with van der Waals surface area (Å²) in [6, 6.07) is 7.89. The van der Waals surface area contributed by atoms with Crippen molar-refractivity contribution in [3.63, 3.8) is 0 Å². The number of hydrogen-bond acceptors (Lipinski definition) is 5. The number of aromatic nitrogens is 3. The Morgan fingerprint density at radius 3 is 2.62 bits per heavy atom. The zero-order chi connectivity index (χ0) is 16.5. The van der Waals surface area contributed by atoms with Crippen LogP contribution in [0.2, 0.25) is 0 Å². The average Bonchev–Trinajstić information content (AvgIpc) is 3.46. The van der Waals surface area contributed by atoms with Gasteiger partial charge in [-0.25, -0.2) is 4.68 Å². The fraction of sp³-hybridized carbons (Fsp3) is 0.529. The predicted octanol–water partition coefficient (Wildman–Crippen LogP) is 0.488. The van der Waals surface area contributed by atoms with Crippen molar-refractivity contribution in [2.45, 2.75) is 31.8 Å². The van der Waals surface area contributed by atoms with Crippen LogP contribution in [-0.4, -0.2) is 62.9 Å². The van der Waals surface area contributed by atoms with E-state index in [1.54, 1.807) is 18.2 Å². The van der Waals surface area contributed by atoms with Crippen molar-refractivity contribution in [3.8, 4) is 0 Å². The summed E-state index contributed by atoms with van der Waals surface area (Å²) in [4.78, 5) is 29.1. The number of piperazine rings is 1. The number of carbonyl (C=O) groups excluding carboxylic acids is 1. The maximum atomic E-state index is 12.4. The molecule has 1 amide bonds. The van der Waals surface area contributed by atoms with Crippen LogP contribution >= 0.6 is 0 Å². The molecule has 0 unspecified atom stereocenters. The van der Waals surface area contributed by atoms with Gasteiger partial charge in [0.05, 0.1) is 11.9 Å². The van der Waals surface area contributed by atoms with Crippen molar-refractivity contribution in [3.05, 3.63) is 34.6 Å². The van der Waals surface area contributed by atoms with E-state index in [0.717, 1.165) is 32.2 Å². The minimum Gasteiger partial charge on any atom is -0.340 e. The molecule has 2 heterocycles. The second-order valence-electron chi connectivity index (χ2n) is 6.53. The number of nitrogens with zero attached hydrogens (tertiary/aromatic N) is 5. The van der Waals surface area contributed by atoms with E-state index >= 15 is 0 Å². The van der Waals surface area contributed by atoms with Crippen LogP contribution in [0, 0.1) is 0 Å². The zero-order valence-corrected chi connectivity index (χ0v) is 13.6. The quantitative estimate of drug-likeness (QED) is 0.817. The van der Waals surface area contributed by atoms with Crippen LogP contribution in [0.1, 0.15) is 19.3 Å². The van der Waals surface area contributed by atoms with Gasteiger partial charge in [0.15, 0.2) is 0 Å². The highest BCUT2D eigenvalue weighted by Gasteiger charge is 2.32. The minimum absolute atomic E-state index is 0.0901. The van der Waals surface area contributed by atoms with Gasteiger partial charge in [0.2, 0.25) is 5.91 Å². The molecule has 2 aromatic rings. The summed E-state index contributed by atoms with van der Waals surface area (Å²) in [5, 5.41) is 8.53. The highest BCUT2D eigenvalue weighted by atomic mass is 16.2. The van der Waals surface area contributed by atoms with Gasteiger partial charge in [0.25, 0.3) is 5.56 Å². The lowest BCUT2D eigenvalue weighted by atomic mass is 10.2. The average molecular weight is 327 g/mol. The molecule has 1 aliphatic heterocycles. The topological polar surface area (TPSA) is 71.3 Å². The van der Waals surface area contributed by atoms with Gasteiger partial charge in [-0.2, -0.15) is 0 Å². The van der Waals surface area contributed by atoms with E-state index in [9.17, 15) is 9.59 Å². The van der Waals surface area contributed by atoms with Gasteiger partial charge < -0.3 is 4.90 Å².